The summed E-state index contributed by atoms with van der Waals surface area (Å²) in [5.41, 5.74) is 0.763. The number of benzene rings is 2. The predicted molar refractivity (Wildman–Crippen MR) is 74.8 cm³/mol. The van der Waals surface area contributed by atoms with Crippen LogP contribution >= 0.6 is 0 Å². The van der Waals surface area contributed by atoms with E-state index in [-0.39, 0.29) is 11.5 Å². The van der Waals surface area contributed by atoms with Gasteiger partial charge in [0.1, 0.15) is 17.4 Å². The highest BCUT2D eigenvalue weighted by atomic mass is 19.1. The van der Waals surface area contributed by atoms with Crippen molar-refractivity contribution in [3.63, 3.8) is 0 Å². The Bertz CT molecular complexity index is 609. The Morgan fingerprint density at radius 2 is 1.67 bits per heavy atom. The van der Waals surface area contributed by atoms with Crippen LogP contribution in [0.2, 0.25) is 0 Å². The summed E-state index contributed by atoms with van der Waals surface area (Å²) in [6.07, 6.45) is 0. The Kier molecular flexibility index (Phi) is 4.85. The molecule has 21 heavy (non-hydrogen) atoms. The van der Waals surface area contributed by atoms with E-state index in [9.17, 15) is 13.2 Å². The summed E-state index contributed by atoms with van der Waals surface area (Å²) in [5, 5.41) is 3.17. The molecule has 0 aliphatic rings. The Hall–Kier alpha value is -2.01. The smallest absolute Gasteiger partial charge is 0.166 e. The molecule has 5 heteroatoms. The molecule has 2 rings (SSSR count). The van der Waals surface area contributed by atoms with E-state index < -0.39 is 17.5 Å². The number of hydrogen-bond donors (Lipinski definition) is 1. The van der Waals surface area contributed by atoms with Crippen molar-refractivity contribution >= 4 is 0 Å². The van der Waals surface area contributed by atoms with E-state index >= 15 is 0 Å². The molecule has 1 N–H and O–H groups in total. The van der Waals surface area contributed by atoms with Crippen LogP contribution < -0.4 is 10.1 Å². The largest absolute Gasteiger partial charge is 0.454 e. The fraction of sp³-hybridized carbons (Fsp3) is 0.250. The van der Waals surface area contributed by atoms with Crippen molar-refractivity contribution < 1.29 is 17.9 Å². The van der Waals surface area contributed by atoms with Crippen molar-refractivity contribution in [1.82, 2.24) is 5.32 Å². The molecule has 2 aromatic rings. The van der Waals surface area contributed by atoms with Crippen molar-refractivity contribution in [2.24, 2.45) is 0 Å². The van der Waals surface area contributed by atoms with Crippen LogP contribution in [-0.2, 0) is 6.54 Å². The standard InChI is InChI=1S/C16H16F3NO/c1-10(2)20-9-11-3-4-16(15(19)5-11)21-14-7-12(17)6-13(18)8-14/h3-8,10,20H,9H2,1-2H3. The lowest BCUT2D eigenvalue weighted by atomic mass is 10.2. The van der Waals surface area contributed by atoms with Crippen LogP contribution in [0.3, 0.4) is 0 Å². The fourth-order valence-electron chi connectivity index (χ4n) is 1.77. The summed E-state index contributed by atoms with van der Waals surface area (Å²) in [4.78, 5) is 0. The lowest BCUT2D eigenvalue weighted by molar-refractivity contribution is 0.433. The number of halogens is 3. The van der Waals surface area contributed by atoms with Crippen LogP contribution in [0.25, 0.3) is 0 Å². The van der Waals surface area contributed by atoms with Gasteiger partial charge in [-0.2, -0.15) is 0 Å². The first-order chi connectivity index (χ1) is 9.94. The molecule has 0 atom stereocenters. The highest BCUT2D eigenvalue weighted by molar-refractivity contribution is 5.35. The summed E-state index contributed by atoms with van der Waals surface area (Å²) in [5.74, 6) is -2.29. The van der Waals surface area contributed by atoms with Gasteiger partial charge in [0.05, 0.1) is 0 Å². The zero-order valence-corrected chi connectivity index (χ0v) is 11.8. The second kappa shape index (κ2) is 6.63. The SMILES string of the molecule is CC(C)NCc1ccc(Oc2cc(F)cc(F)c2)c(F)c1. The van der Waals surface area contributed by atoms with Gasteiger partial charge in [-0.05, 0) is 17.7 Å². The third-order valence-corrected chi connectivity index (χ3v) is 2.77. The first kappa shape index (κ1) is 15.4. The molecule has 0 aliphatic heterocycles. The second-order valence-corrected chi connectivity index (χ2v) is 5.01. The van der Waals surface area contributed by atoms with Crippen LogP contribution in [0.5, 0.6) is 11.5 Å². The van der Waals surface area contributed by atoms with E-state index in [4.69, 9.17) is 4.74 Å². The summed E-state index contributed by atoms with van der Waals surface area (Å²) in [7, 11) is 0. The molecule has 0 amide bonds. The number of rotatable bonds is 5. The van der Waals surface area contributed by atoms with Gasteiger partial charge in [0.15, 0.2) is 11.6 Å². The third kappa shape index (κ3) is 4.49. The summed E-state index contributed by atoms with van der Waals surface area (Å²) in [6, 6.07) is 7.48. The van der Waals surface area contributed by atoms with Crippen LogP contribution in [0.15, 0.2) is 36.4 Å². The Labute approximate surface area is 121 Å². The molecule has 0 aliphatic carbocycles. The van der Waals surface area contributed by atoms with Gasteiger partial charge in [0.2, 0.25) is 0 Å². The molecule has 0 fully saturated rings. The van der Waals surface area contributed by atoms with Crippen molar-refractivity contribution in [3.8, 4) is 11.5 Å². The lowest BCUT2D eigenvalue weighted by Gasteiger charge is -2.11. The number of ether oxygens (including phenoxy) is 1. The molecule has 0 bridgehead atoms. The highest BCUT2D eigenvalue weighted by Crippen LogP contribution is 2.26. The van der Waals surface area contributed by atoms with E-state index in [1.807, 2.05) is 13.8 Å². The minimum absolute atomic E-state index is 0.0757. The third-order valence-electron chi connectivity index (χ3n) is 2.77. The van der Waals surface area contributed by atoms with Gasteiger partial charge in [-0.15, -0.1) is 0 Å². The molecular formula is C16H16F3NO. The zero-order chi connectivity index (χ0) is 15.4. The van der Waals surface area contributed by atoms with Crippen LogP contribution in [-0.4, -0.2) is 6.04 Å². The first-order valence-electron chi connectivity index (χ1n) is 6.60. The monoisotopic (exact) mass is 295 g/mol. The van der Waals surface area contributed by atoms with Gasteiger partial charge in [0, 0.05) is 30.8 Å². The molecule has 0 heterocycles. The van der Waals surface area contributed by atoms with Gasteiger partial charge < -0.3 is 10.1 Å². The topological polar surface area (TPSA) is 21.3 Å². The van der Waals surface area contributed by atoms with Crippen molar-refractivity contribution in [1.29, 1.82) is 0 Å². The van der Waals surface area contributed by atoms with Crippen molar-refractivity contribution in [2.45, 2.75) is 26.4 Å². The molecule has 0 saturated heterocycles. The van der Waals surface area contributed by atoms with Crippen LogP contribution in [0.1, 0.15) is 19.4 Å². The molecule has 0 unspecified atom stereocenters. The summed E-state index contributed by atoms with van der Waals surface area (Å²) in [6.45, 7) is 4.52. The highest BCUT2D eigenvalue weighted by Gasteiger charge is 2.08. The molecule has 2 aromatic carbocycles. The van der Waals surface area contributed by atoms with Crippen LogP contribution in [0.4, 0.5) is 13.2 Å². The van der Waals surface area contributed by atoms with Crippen LogP contribution in [0, 0.1) is 17.5 Å². The minimum Gasteiger partial charge on any atom is -0.454 e. The van der Waals surface area contributed by atoms with Gasteiger partial charge in [-0.3, -0.25) is 0 Å². The Morgan fingerprint density at radius 3 is 2.24 bits per heavy atom. The molecule has 2 nitrogen and oxygen atoms in total. The maximum atomic E-state index is 13.9. The zero-order valence-electron chi connectivity index (χ0n) is 11.8. The van der Waals surface area contributed by atoms with E-state index in [2.05, 4.69) is 5.32 Å². The van der Waals surface area contributed by atoms with Crippen molar-refractivity contribution in [2.75, 3.05) is 0 Å². The average molecular weight is 295 g/mol. The predicted octanol–water partition coefficient (Wildman–Crippen LogP) is 4.39. The van der Waals surface area contributed by atoms with Gasteiger partial charge in [0.25, 0.3) is 0 Å². The van der Waals surface area contributed by atoms with Gasteiger partial charge >= 0.3 is 0 Å². The van der Waals surface area contributed by atoms with E-state index in [0.29, 0.717) is 12.6 Å². The second-order valence-electron chi connectivity index (χ2n) is 5.01. The van der Waals surface area contributed by atoms with E-state index in [1.165, 1.54) is 12.1 Å². The first-order valence-corrected chi connectivity index (χ1v) is 6.60. The Morgan fingerprint density at radius 1 is 1.00 bits per heavy atom. The molecule has 112 valence electrons. The average Bonchev–Trinajstić information content (AvgIpc) is 2.38. The fourth-order valence-corrected chi connectivity index (χ4v) is 1.77. The summed E-state index contributed by atoms with van der Waals surface area (Å²) >= 11 is 0. The quantitative estimate of drug-likeness (QED) is 0.883. The van der Waals surface area contributed by atoms with E-state index in [1.54, 1.807) is 6.07 Å². The molecular weight excluding hydrogens is 279 g/mol. The molecule has 0 saturated carbocycles. The lowest BCUT2D eigenvalue weighted by Crippen LogP contribution is -2.21. The normalized spacial score (nSPS) is 11.0. The molecule has 0 aromatic heterocycles. The molecule has 0 spiro atoms. The summed E-state index contributed by atoms with van der Waals surface area (Å²) < 4.78 is 45.2. The maximum absolute atomic E-state index is 13.9. The van der Waals surface area contributed by atoms with Gasteiger partial charge in [-0.25, -0.2) is 13.2 Å². The number of hydrogen-bond acceptors (Lipinski definition) is 2. The Balaban J connectivity index is 2.13. The minimum atomic E-state index is -0.775. The van der Waals surface area contributed by atoms with E-state index in [0.717, 1.165) is 23.8 Å². The van der Waals surface area contributed by atoms with Gasteiger partial charge in [-0.1, -0.05) is 19.9 Å². The maximum Gasteiger partial charge on any atom is 0.166 e. The number of nitrogens with one attached hydrogen (secondary N) is 1. The molecule has 0 radical (unpaired) electrons. The van der Waals surface area contributed by atoms with Crippen molar-refractivity contribution in [3.05, 3.63) is 59.4 Å².